The minimum atomic E-state index is 0. The van der Waals surface area contributed by atoms with Gasteiger partial charge >= 0.3 is 0 Å². The third-order valence-electron chi connectivity index (χ3n) is 2.03. The van der Waals surface area contributed by atoms with Crippen molar-refractivity contribution < 1.29 is 19.5 Å². The van der Waals surface area contributed by atoms with Crippen molar-refractivity contribution >= 4 is 43.2 Å². The number of halogens is 2. The van der Waals surface area contributed by atoms with Crippen LogP contribution in [0.25, 0.3) is 0 Å². The molecule has 1 rings (SSSR count). The molecule has 0 bridgehead atoms. The fourth-order valence-electron chi connectivity index (χ4n) is 1.29. The maximum atomic E-state index is 3.57. The summed E-state index contributed by atoms with van der Waals surface area (Å²) in [6, 6.07) is 2.22. The first-order valence-electron chi connectivity index (χ1n) is 4.67. The van der Waals surface area contributed by atoms with Gasteiger partial charge in [-0.05, 0) is 56.3 Å². The van der Waals surface area contributed by atoms with Gasteiger partial charge in [0.15, 0.2) is 0 Å². The molecule has 0 saturated carbocycles. The topological polar surface area (TPSA) is 0 Å². The van der Waals surface area contributed by atoms with Gasteiger partial charge in [-0.15, -0.1) is 11.3 Å². The van der Waals surface area contributed by atoms with E-state index in [9.17, 15) is 0 Å². The Kier molecular flexibility index (Phi) is 9.21. The standard InChI is InChI=1S/C10H14Br2S.Zn/c1-2-3-4-5-6-8-7-9(11)13-10(8)12;/h7H,2-6H2,1H3;. The summed E-state index contributed by atoms with van der Waals surface area (Å²) in [5.41, 5.74) is 1.45. The van der Waals surface area contributed by atoms with Crippen molar-refractivity contribution in [3.63, 3.8) is 0 Å². The summed E-state index contributed by atoms with van der Waals surface area (Å²) in [4.78, 5) is 0. The van der Waals surface area contributed by atoms with Crippen molar-refractivity contribution in [1.82, 2.24) is 0 Å². The van der Waals surface area contributed by atoms with Crippen LogP contribution in [0.4, 0.5) is 0 Å². The second kappa shape index (κ2) is 8.44. The average Bonchev–Trinajstić information content (AvgIpc) is 2.39. The average molecular weight is 391 g/mol. The van der Waals surface area contributed by atoms with Crippen LogP contribution >= 0.6 is 43.2 Å². The van der Waals surface area contributed by atoms with Gasteiger partial charge < -0.3 is 0 Å². The number of hydrogen-bond acceptors (Lipinski definition) is 1. The van der Waals surface area contributed by atoms with E-state index >= 15 is 0 Å². The molecule has 0 amide bonds. The van der Waals surface area contributed by atoms with Gasteiger partial charge in [-0.2, -0.15) is 0 Å². The first-order valence-corrected chi connectivity index (χ1v) is 7.08. The van der Waals surface area contributed by atoms with E-state index < -0.39 is 0 Å². The minimum absolute atomic E-state index is 0. The van der Waals surface area contributed by atoms with Crippen molar-refractivity contribution in [2.75, 3.05) is 0 Å². The summed E-state index contributed by atoms with van der Waals surface area (Å²) in [6.07, 6.45) is 6.56. The van der Waals surface area contributed by atoms with E-state index in [1.54, 1.807) is 11.3 Å². The summed E-state index contributed by atoms with van der Waals surface area (Å²) in [5.74, 6) is 0. The Morgan fingerprint density at radius 3 is 2.43 bits per heavy atom. The number of rotatable bonds is 5. The molecule has 0 spiro atoms. The molecule has 0 aliphatic heterocycles. The summed E-state index contributed by atoms with van der Waals surface area (Å²) in [5, 5.41) is 0. The first kappa shape index (κ1) is 15.3. The third kappa shape index (κ3) is 5.39. The van der Waals surface area contributed by atoms with E-state index in [0.717, 1.165) is 0 Å². The molecule has 14 heavy (non-hydrogen) atoms. The first-order chi connectivity index (χ1) is 6.24. The Hall–Kier alpha value is 1.28. The molecule has 0 fully saturated rings. The smallest absolute Gasteiger partial charge is 0.0742 e. The molecule has 1 aromatic heterocycles. The van der Waals surface area contributed by atoms with Gasteiger partial charge in [0.1, 0.15) is 0 Å². The summed E-state index contributed by atoms with van der Waals surface area (Å²) in [7, 11) is 0. The van der Waals surface area contributed by atoms with Crippen molar-refractivity contribution in [2.45, 2.75) is 39.0 Å². The van der Waals surface area contributed by atoms with E-state index in [4.69, 9.17) is 0 Å². The van der Waals surface area contributed by atoms with Gasteiger partial charge in [0.25, 0.3) is 0 Å². The molecule has 0 aliphatic rings. The largest absolute Gasteiger partial charge is 0.121 e. The molecule has 0 unspecified atom stereocenters. The van der Waals surface area contributed by atoms with E-state index in [-0.39, 0.29) is 19.5 Å². The van der Waals surface area contributed by atoms with Crippen LogP contribution in [0.1, 0.15) is 38.2 Å². The summed E-state index contributed by atoms with van der Waals surface area (Å²) < 4.78 is 2.51. The molecule has 0 nitrogen and oxygen atoms in total. The second-order valence-corrected chi connectivity index (χ2v) is 6.91. The molecular weight excluding hydrogens is 377 g/mol. The SMILES string of the molecule is CCCCCCc1cc(Br)sc1Br.[Zn]. The molecule has 76 valence electrons. The molecule has 1 heterocycles. The molecule has 0 radical (unpaired) electrons. The quantitative estimate of drug-likeness (QED) is 0.466. The van der Waals surface area contributed by atoms with Crippen LogP contribution in [0.2, 0.25) is 0 Å². The zero-order valence-corrected chi connectivity index (χ0v) is 15.4. The Bertz CT molecular complexity index is 261. The Morgan fingerprint density at radius 1 is 1.21 bits per heavy atom. The maximum absolute atomic E-state index is 3.57. The molecule has 0 aromatic carbocycles. The van der Waals surface area contributed by atoms with Gasteiger partial charge in [0, 0.05) is 19.5 Å². The zero-order valence-electron chi connectivity index (χ0n) is 8.48. The van der Waals surface area contributed by atoms with Crippen LogP contribution in [0, 0.1) is 0 Å². The van der Waals surface area contributed by atoms with Crippen molar-refractivity contribution in [3.8, 4) is 0 Å². The Labute approximate surface area is 120 Å². The van der Waals surface area contributed by atoms with Crippen molar-refractivity contribution in [2.24, 2.45) is 0 Å². The monoisotopic (exact) mass is 388 g/mol. The van der Waals surface area contributed by atoms with Crippen LogP contribution in [0.3, 0.4) is 0 Å². The van der Waals surface area contributed by atoms with Gasteiger partial charge in [-0.25, -0.2) is 0 Å². The minimum Gasteiger partial charge on any atom is -0.121 e. The fraction of sp³-hybridized carbons (Fsp3) is 0.600. The molecule has 0 atom stereocenters. The summed E-state index contributed by atoms with van der Waals surface area (Å²) >= 11 is 8.84. The number of hydrogen-bond donors (Lipinski definition) is 0. The summed E-state index contributed by atoms with van der Waals surface area (Å²) in [6.45, 7) is 2.25. The number of thiophene rings is 1. The van der Waals surface area contributed by atoms with E-state index in [0.29, 0.717) is 0 Å². The van der Waals surface area contributed by atoms with Gasteiger partial charge in [0.2, 0.25) is 0 Å². The Morgan fingerprint density at radius 2 is 1.93 bits per heavy atom. The van der Waals surface area contributed by atoms with E-state index in [1.165, 1.54) is 45.2 Å². The zero-order chi connectivity index (χ0) is 9.68. The fourth-order valence-corrected chi connectivity index (χ4v) is 4.20. The van der Waals surface area contributed by atoms with Crippen LogP contribution in [0.15, 0.2) is 13.6 Å². The maximum Gasteiger partial charge on any atom is 0.0742 e. The predicted molar refractivity (Wildman–Crippen MR) is 67.6 cm³/mol. The van der Waals surface area contributed by atoms with Crippen LogP contribution in [0.5, 0.6) is 0 Å². The van der Waals surface area contributed by atoms with Crippen molar-refractivity contribution in [3.05, 3.63) is 19.2 Å². The van der Waals surface area contributed by atoms with Crippen LogP contribution < -0.4 is 0 Å². The van der Waals surface area contributed by atoms with Crippen LogP contribution in [-0.4, -0.2) is 0 Å². The molecule has 4 heteroatoms. The molecule has 1 aromatic rings. The van der Waals surface area contributed by atoms with E-state index in [1.807, 2.05) is 0 Å². The molecule has 0 N–H and O–H groups in total. The normalized spacial score (nSPS) is 9.93. The Balaban J connectivity index is 0.00000169. The predicted octanol–water partition coefficient (Wildman–Crippen LogP) is 5.39. The van der Waals surface area contributed by atoms with Crippen molar-refractivity contribution in [1.29, 1.82) is 0 Å². The third-order valence-corrected chi connectivity index (χ3v) is 4.49. The number of aryl methyl sites for hydroxylation is 1. The van der Waals surface area contributed by atoms with E-state index in [2.05, 4.69) is 44.8 Å². The molecule has 0 saturated heterocycles. The second-order valence-electron chi connectivity index (χ2n) is 3.16. The van der Waals surface area contributed by atoms with Gasteiger partial charge in [-0.3, -0.25) is 0 Å². The van der Waals surface area contributed by atoms with Crippen LogP contribution in [-0.2, 0) is 25.9 Å². The molecular formula is C10H14Br2SZn. The van der Waals surface area contributed by atoms with Gasteiger partial charge in [-0.1, -0.05) is 26.2 Å². The number of unbranched alkanes of at least 4 members (excludes halogenated alkanes) is 3. The molecule has 0 aliphatic carbocycles. The van der Waals surface area contributed by atoms with Gasteiger partial charge in [0.05, 0.1) is 7.57 Å².